The second-order valence-corrected chi connectivity index (χ2v) is 2.87. The number of H-pyrrole nitrogens is 1. The Balaban J connectivity index is 2.34. The van der Waals surface area contributed by atoms with Gasteiger partial charge in [0.2, 0.25) is 0 Å². The summed E-state index contributed by atoms with van der Waals surface area (Å²) in [6.45, 7) is 0. The zero-order valence-corrected chi connectivity index (χ0v) is 7.24. The number of alkyl halides is 2. The second kappa shape index (κ2) is 3.57. The first kappa shape index (κ1) is 8.87. The lowest BCUT2D eigenvalue weighted by molar-refractivity contribution is 0.205. The number of hydrogen-bond acceptors (Lipinski definition) is 1. The van der Waals surface area contributed by atoms with Crippen LogP contribution in [0.2, 0.25) is 0 Å². The molecule has 0 aliphatic carbocycles. The number of halogens is 2. The molecule has 0 bridgehead atoms. The summed E-state index contributed by atoms with van der Waals surface area (Å²) in [6.07, 6.45) is 1.41. The Hall–Kier alpha value is -1.71. The van der Waals surface area contributed by atoms with Gasteiger partial charge in [-0.1, -0.05) is 12.1 Å². The molecule has 0 radical (unpaired) electrons. The first-order chi connectivity index (χ1) is 6.75. The van der Waals surface area contributed by atoms with Crippen LogP contribution in [-0.4, -0.2) is 16.4 Å². The largest absolute Gasteiger partial charge is 0.345 e. The van der Waals surface area contributed by atoms with Gasteiger partial charge in [-0.3, -0.25) is 0 Å². The van der Waals surface area contributed by atoms with E-state index in [2.05, 4.69) is 9.97 Å². The second-order valence-electron chi connectivity index (χ2n) is 2.87. The quantitative estimate of drug-likeness (QED) is 0.782. The van der Waals surface area contributed by atoms with Gasteiger partial charge in [-0.25, -0.2) is 13.8 Å². The first-order valence-electron chi connectivity index (χ1n) is 4.15. The number of aromatic nitrogens is 2. The Morgan fingerprint density at radius 3 is 3.00 bits per heavy atom. The van der Waals surface area contributed by atoms with Crippen LogP contribution >= 0.6 is 0 Å². The molecule has 0 spiro atoms. The highest BCUT2D eigenvalue weighted by atomic mass is 19.3. The van der Waals surface area contributed by atoms with Gasteiger partial charge >= 0.3 is 0 Å². The molecule has 1 aromatic heterocycles. The summed E-state index contributed by atoms with van der Waals surface area (Å²) >= 11 is 0. The Morgan fingerprint density at radius 2 is 2.21 bits per heavy atom. The molecule has 2 nitrogen and oxygen atoms in total. The van der Waals surface area contributed by atoms with Gasteiger partial charge in [-0.15, -0.1) is 0 Å². The monoisotopic (exact) mass is 194 g/mol. The van der Waals surface area contributed by atoms with E-state index in [0.717, 1.165) is 22.7 Å². The van der Waals surface area contributed by atoms with Crippen LogP contribution in [-0.2, 0) is 0 Å². The molecule has 0 atom stereocenters. The van der Waals surface area contributed by atoms with Gasteiger partial charge in [0.15, 0.2) is 0 Å². The highest BCUT2D eigenvalue weighted by Gasteiger charge is 1.97. The van der Waals surface area contributed by atoms with E-state index >= 15 is 0 Å². The van der Waals surface area contributed by atoms with Gasteiger partial charge in [0, 0.05) is 0 Å². The number of fused-ring (bicyclic) bond motifs is 1. The van der Waals surface area contributed by atoms with Crippen molar-refractivity contribution in [2.45, 2.75) is 6.43 Å². The normalized spacial score (nSPS) is 11.9. The van der Waals surface area contributed by atoms with E-state index in [9.17, 15) is 8.78 Å². The predicted molar refractivity (Wildman–Crippen MR) is 51.1 cm³/mol. The number of imidazole rings is 1. The molecule has 0 aliphatic heterocycles. The minimum atomic E-state index is -2.41. The highest BCUT2D eigenvalue weighted by Crippen LogP contribution is 2.13. The van der Waals surface area contributed by atoms with Crippen LogP contribution in [0.1, 0.15) is 5.56 Å². The summed E-state index contributed by atoms with van der Waals surface area (Å²) in [5.74, 6) is 0. The average molecular weight is 194 g/mol. The van der Waals surface area contributed by atoms with Crippen molar-refractivity contribution in [3.63, 3.8) is 0 Å². The summed E-state index contributed by atoms with van der Waals surface area (Å²) in [7, 11) is 0. The molecule has 0 saturated heterocycles. The predicted octanol–water partition coefficient (Wildman–Crippen LogP) is 2.84. The van der Waals surface area contributed by atoms with Gasteiger partial charge in [-0.05, 0) is 23.8 Å². The minimum Gasteiger partial charge on any atom is -0.345 e. The zero-order chi connectivity index (χ0) is 9.97. The van der Waals surface area contributed by atoms with Crippen molar-refractivity contribution >= 4 is 17.1 Å². The number of nitrogens with zero attached hydrogens (tertiary/aromatic N) is 1. The molecule has 2 rings (SSSR count). The maximum absolute atomic E-state index is 11.9. The maximum Gasteiger partial charge on any atom is 0.257 e. The molecule has 1 N–H and O–H groups in total. The van der Waals surface area contributed by atoms with Crippen LogP contribution in [0.4, 0.5) is 8.78 Å². The molecule has 14 heavy (non-hydrogen) atoms. The topological polar surface area (TPSA) is 28.7 Å². The number of rotatable bonds is 2. The van der Waals surface area contributed by atoms with Crippen molar-refractivity contribution in [1.82, 2.24) is 9.97 Å². The Kier molecular flexibility index (Phi) is 2.26. The van der Waals surface area contributed by atoms with E-state index in [1.807, 2.05) is 6.07 Å². The summed E-state index contributed by atoms with van der Waals surface area (Å²) in [6, 6.07) is 5.33. The van der Waals surface area contributed by atoms with Crippen LogP contribution < -0.4 is 0 Å². The van der Waals surface area contributed by atoms with E-state index in [-0.39, 0.29) is 0 Å². The standard InChI is InChI=1S/C10H8F2N2/c11-10(12)4-2-7-1-3-8-9(5-7)14-6-13-8/h1-6,10H,(H,13,14)/b4-2+. The summed E-state index contributed by atoms with van der Waals surface area (Å²) in [5.41, 5.74) is 2.41. The number of hydrogen-bond donors (Lipinski definition) is 1. The van der Waals surface area contributed by atoms with E-state index < -0.39 is 6.43 Å². The van der Waals surface area contributed by atoms with Crippen LogP contribution in [0.5, 0.6) is 0 Å². The minimum absolute atomic E-state index is 0.727. The molecule has 4 heteroatoms. The lowest BCUT2D eigenvalue weighted by Crippen LogP contribution is -1.80. The molecule has 0 saturated carbocycles. The third-order valence-electron chi connectivity index (χ3n) is 1.88. The van der Waals surface area contributed by atoms with Gasteiger partial charge in [0.1, 0.15) is 0 Å². The zero-order valence-electron chi connectivity index (χ0n) is 7.24. The molecule has 0 fully saturated rings. The number of aromatic amines is 1. The summed E-state index contributed by atoms with van der Waals surface area (Å²) in [4.78, 5) is 6.96. The molecule has 2 aromatic rings. The van der Waals surface area contributed by atoms with Crippen molar-refractivity contribution in [2.24, 2.45) is 0 Å². The van der Waals surface area contributed by atoms with Crippen LogP contribution in [0, 0.1) is 0 Å². The van der Waals surface area contributed by atoms with Crippen molar-refractivity contribution in [3.8, 4) is 0 Å². The fraction of sp³-hybridized carbons (Fsp3) is 0.100. The summed E-state index contributed by atoms with van der Waals surface area (Å²) < 4.78 is 23.7. The number of nitrogens with one attached hydrogen (secondary N) is 1. The SMILES string of the molecule is FC(F)/C=C/c1ccc2[nH]cnc2c1. The molecule has 0 unspecified atom stereocenters. The Morgan fingerprint density at radius 1 is 1.36 bits per heavy atom. The van der Waals surface area contributed by atoms with Crippen LogP contribution in [0.3, 0.4) is 0 Å². The molecular formula is C10H8F2N2. The number of benzene rings is 1. The van der Waals surface area contributed by atoms with Crippen molar-refractivity contribution < 1.29 is 8.78 Å². The van der Waals surface area contributed by atoms with Crippen molar-refractivity contribution in [3.05, 3.63) is 36.2 Å². The molecule has 0 aliphatic rings. The fourth-order valence-electron chi connectivity index (χ4n) is 1.24. The van der Waals surface area contributed by atoms with Gasteiger partial charge in [-0.2, -0.15) is 0 Å². The first-order valence-corrected chi connectivity index (χ1v) is 4.15. The highest BCUT2D eigenvalue weighted by molar-refractivity contribution is 5.77. The van der Waals surface area contributed by atoms with Crippen LogP contribution in [0.25, 0.3) is 17.1 Å². The molecule has 1 aromatic carbocycles. The smallest absolute Gasteiger partial charge is 0.257 e. The lowest BCUT2D eigenvalue weighted by Gasteiger charge is -1.93. The van der Waals surface area contributed by atoms with Gasteiger partial charge in [0.25, 0.3) is 6.43 Å². The van der Waals surface area contributed by atoms with Crippen molar-refractivity contribution in [2.75, 3.05) is 0 Å². The van der Waals surface area contributed by atoms with Crippen LogP contribution in [0.15, 0.2) is 30.6 Å². The summed E-state index contributed by atoms with van der Waals surface area (Å²) in [5, 5.41) is 0. The number of allylic oxidation sites excluding steroid dienone is 1. The lowest BCUT2D eigenvalue weighted by atomic mass is 10.2. The van der Waals surface area contributed by atoms with E-state index in [4.69, 9.17) is 0 Å². The molecular weight excluding hydrogens is 186 g/mol. The fourth-order valence-corrected chi connectivity index (χ4v) is 1.24. The van der Waals surface area contributed by atoms with Gasteiger partial charge < -0.3 is 4.98 Å². The van der Waals surface area contributed by atoms with Gasteiger partial charge in [0.05, 0.1) is 17.4 Å². The van der Waals surface area contributed by atoms with E-state index in [1.54, 1.807) is 18.5 Å². The van der Waals surface area contributed by atoms with E-state index in [1.165, 1.54) is 6.08 Å². The Labute approximate surface area is 79.3 Å². The maximum atomic E-state index is 11.9. The molecule has 0 amide bonds. The third kappa shape index (κ3) is 1.79. The van der Waals surface area contributed by atoms with E-state index in [0.29, 0.717) is 0 Å². The average Bonchev–Trinajstić information content (AvgIpc) is 2.61. The molecule has 1 heterocycles. The Bertz CT molecular complexity index is 460. The molecule has 72 valence electrons. The van der Waals surface area contributed by atoms with Crippen molar-refractivity contribution in [1.29, 1.82) is 0 Å². The third-order valence-corrected chi connectivity index (χ3v) is 1.88.